The SMILES string of the molecule is CCC(C#Cc1ccsc1)NCc1ccc(OC)cc1. The molecular formula is C17H19NOS. The summed E-state index contributed by atoms with van der Waals surface area (Å²) in [5.41, 5.74) is 2.33. The molecule has 0 aliphatic heterocycles. The van der Waals surface area contributed by atoms with Crippen molar-refractivity contribution in [3.05, 3.63) is 52.2 Å². The van der Waals surface area contributed by atoms with Crippen LogP contribution in [0.1, 0.15) is 24.5 Å². The van der Waals surface area contributed by atoms with E-state index in [2.05, 4.69) is 47.0 Å². The highest BCUT2D eigenvalue weighted by atomic mass is 32.1. The van der Waals surface area contributed by atoms with Crippen LogP contribution in [-0.4, -0.2) is 13.2 Å². The first-order chi connectivity index (χ1) is 9.81. The zero-order valence-corrected chi connectivity index (χ0v) is 12.7. The smallest absolute Gasteiger partial charge is 0.118 e. The van der Waals surface area contributed by atoms with Gasteiger partial charge in [-0.1, -0.05) is 30.9 Å². The number of ether oxygens (including phenoxy) is 1. The topological polar surface area (TPSA) is 21.3 Å². The number of methoxy groups -OCH3 is 1. The highest BCUT2D eigenvalue weighted by Gasteiger charge is 2.01. The summed E-state index contributed by atoms with van der Waals surface area (Å²) in [7, 11) is 1.68. The fraction of sp³-hybridized carbons (Fsp3) is 0.294. The predicted octanol–water partition coefficient (Wildman–Crippen LogP) is 3.68. The molecular weight excluding hydrogens is 266 g/mol. The summed E-state index contributed by atoms with van der Waals surface area (Å²) < 4.78 is 5.15. The molecule has 104 valence electrons. The minimum atomic E-state index is 0.219. The highest BCUT2D eigenvalue weighted by Crippen LogP contribution is 2.11. The second kappa shape index (κ2) is 7.74. The Bertz CT molecular complexity index is 563. The van der Waals surface area contributed by atoms with Gasteiger partial charge in [-0.05, 0) is 35.6 Å². The van der Waals surface area contributed by atoms with Gasteiger partial charge in [0.25, 0.3) is 0 Å². The first-order valence-electron chi connectivity index (χ1n) is 6.72. The number of rotatable bonds is 5. The van der Waals surface area contributed by atoms with Crippen molar-refractivity contribution in [2.75, 3.05) is 7.11 Å². The Labute approximate surface area is 124 Å². The van der Waals surface area contributed by atoms with Gasteiger partial charge in [0.05, 0.1) is 13.2 Å². The molecule has 0 saturated carbocycles. The lowest BCUT2D eigenvalue weighted by atomic mass is 10.1. The molecule has 0 radical (unpaired) electrons. The molecule has 2 aromatic rings. The second-order valence-corrected chi connectivity index (χ2v) is 5.25. The third-order valence-corrected chi connectivity index (χ3v) is 3.72. The van der Waals surface area contributed by atoms with Crippen molar-refractivity contribution in [1.82, 2.24) is 5.32 Å². The van der Waals surface area contributed by atoms with Crippen molar-refractivity contribution in [3.8, 4) is 17.6 Å². The van der Waals surface area contributed by atoms with Gasteiger partial charge in [0.15, 0.2) is 0 Å². The van der Waals surface area contributed by atoms with Gasteiger partial charge in [-0.25, -0.2) is 0 Å². The van der Waals surface area contributed by atoms with E-state index in [4.69, 9.17) is 4.74 Å². The number of hydrogen-bond donors (Lipinski definition) is 1. The van der Waals surface area contributed by atoms with Crippen LogP contribution in [0.5, 0.6) is 5.75 Å². The number of thiophene rings is 1. The Balaban J connectivity index is 1.89. The van der Waals surface area contributed by atoms with Crippen molar-refractivity contribution in [1.29, 1.82) is 0 Å². The van der Waals surface area contributed by atoms with Gasteiger partial charge < -0.3 is 4.74 Å². The van der Waals surface area contributed by atoms with E-state index in [1.54, 1.807) is 18.4 Å². The molecule has 3 heteroatoms. The fourth-order valence-corrected chi connectivity index (χ4v) is 2.38. The molecule has 0 fully saturated rings. The molecule has 0 saturated heterocycles. The first-order valence-corrected chi connectivity index (χ1v) is 7.66. The Morgan fingerprint density at radius 2 is 2.05 bits per heavy atom. The zero-order chi connectivity index (χ0) is 14.2. The summed E-state index contributed by atoms with van der Waals surface area (Å²) in [6.45, 7) is 2.97. The zero-order valence-electron chi connectivity index (χ0n) is 11.8. The maximum atomic E-state index is 5.15. The van der Waals surface area contributed by atoms with E-state index in [1.165, 1.54) is 5.56 Å². The van der Waals surface area contributed by atoms with Crippen LogP contribution in [0.3, 0.4) is 0 Å². The maximum Gasteiger partial charge on any atom is 0.118 e. The van der Waals surface area contributed by atoms with Crippen LogP contribution < -0.4 is 10.1 Å². The Kier molecular flexibility index (Phi) is 5.67. The van der Waals surface area contributed by atoms with E-state index in [0.29, 0.717) is 0 Å². The van der Waals surface area contributed by atoms with E-state index in [9.17, 15) is 0 Å². The van der Waals surface area contributed by atoms with Crippen LogP contribution in [0.2, 0.25) is 0 Å². The Morgan fingerprint density at radius 3 is 2.65 bits per heavy atom. The van der Waals surface area contributed by atoms with Crippen molar-refractivity contribution in [3.63, 3.8) is 0 Å². The number of hydrogen-bond acceptors (Lipinski definition) is 3. The normalized spacial score (nSPS) is 11.5. The molecule has 2 nitrogen and oxygen atoms in total. The number of nitrogens with one attached hydrogen (secondary N) is 1. The standard InChI is InChI=1S/C17H19NOS/c1-3-16(7-4-15-10-11-20-13-15)18-12-14-5-8-17(19-2)9-6-14/h5-6,8-11,13,16,18H,3,12H2,1-2H3. The summed E-state index contributed by atoms with van der Waals surface area (Å²) in [5, 5.41) is 7.60. The minimum Gasteiger partial charge on any atom is -0.497 e. The van der Waals surface area contributed by atoms with Crippen molar-refractivity contribution >= 4 is 11.3 Å². The molecule has 20 heavy (non-hydrogen) atoms. The molecule has 2 rings (SSSR count). The third kappa shape index (κ3) is 4.41. The van der Waals surface area contributed by atoms with Crippen LogP contribution in [0.25, 0.3) is 0 Å². The van der Waals surface area contributed by atoms with Crippen molar-refractivity contribution < 1.29 is 4.74 Å². The summed E-state index contributed by atoms with van der Waals surface area (Å²) >= 11 is 1.68. The van der Waals surface area contributed by atoms with Gasteiger partial charge in [-0.15, -0.1) is 0 Å². The van der Waals surface area contributed by atoms with Gasteiger partial charge in [0, 0.05) is 17.5 Å². The van der Waals surface area contributed by atoms with Gasteiger partial charge in [-0.2, -0.15) is 11.3 Å². The van der Waals surface area contributed by atoms with Crippen LogP contribution in [0.4, 0.5) is 0 Å². The molecule has 1 N–H and O–H groups in total. The molecule has 1 aromatic heterocycles. The highest BCUT2D eigenvalue weighted by molar-refractivity contribution is 7.08. The lowest BCUT2D eigenvalue weighted by molar-refractivity contribution is 0.414. The van der Waals surface area contributed by atoms with Gasteiger partial charge in [0.1, 0.15) is 5.75 Å². The quantitative estimate of drug-likeness (QED) is 0.846. The molecule has 0 amide bonds. The van der Waals surface area contributed by atoms with Crippen LogP contribution >= 0.6 is 11.3 Å². The van der Waals surface area contributed by atoms with E-state index in [1.807, 2.05) is 18.2 Å². The molecule has 0 aliphatic rings. The van der Waals surface area contributed by atoms with Crippen molar-refractivity contribution in [2.45, 2.75) is 25.9 Å². The lowest BCUT2D eigenvalue weighted by Crippen LogP contribution is -2.26. The molecule has 0 bridgehead atoms. The molecule has 1 heterocycles. The third-order valence-electron chi connectivity index (χ3n) is 3.03. The molecule has 1 atom stereocenters. The van der Waals surface area contributed by atoms with Gasteiger partial charge in [0.2, 0.25) is 0 Å². The minimum absolute atomic E-state index is 0.219. The number of benzene rings is 1. The monoisotopic (exact) mass is 285 g/mol. The molecule has 1 aromatic carbocycles. The van der Waals surface area contributed by atoms with Crippen molar-refractivity contribution in [2.24, 2.45) is 0 Å². The van der Waals surface area contributed by atoms with E-state index >= 15 is 0 Å². The van der Waals surface area contributed by atoms with E-state index in [-0.39, 0.29) is 6.04 Å². The van der Waals surface area contributed by atoms with Crippen LogP contribution in [0.15, 0.2) is 41.1 Å². The van der Waals surface area contributed by atoms with E-state index < -0.39 is 0 Å². The Morgan fingerprint density at radius 1 is 1.25 bits per heavy atom. The molecule has 0 spiro atoms. The maximum absolute atomic E-state index is 5.15. The summed E-state index contributed by atoms with van der Waals surface area (Å²) in [6, 6.07) is 10.4. The van der Waals surface area contributed by atoms with Gasteiger partial charge >= 0.3 is 0 Å². The second-order valence-electron chi connectivity index (χ2n) is 4.47. The largest absolute Gasteiger partial charge is 0.497 e. The van der Waals surface area contributed by atoms with Gasteiger partial charge in [-0.3, -0.25) is 5.32 Å². The summed E-state index contributed by atoms with van der Waals surface area (Å²) in [4.78, 5) is 0. The Hall–Kier alpha value is -1.76. The van der Waals surface area contributed by atoms with Crippen LogP contribution in [-0.2, 0) is 6.54 Å². The molecule has 1 unspecified atom stereocenters. The first kappa shape index (κ1) is 14.6. The molecule has 0 aliphatic carbocycles. The van der Waals surface area contributed by atoms with E-state index in [0.717, 1.165) is 24.3 Å². The fourth-order valence-electron chi connectivity index (χ4n) is 1.79. The van der Waals surface area contributed by atoms with Crippen LogP contribution in [0, 0.1) is 11.8 Å². The average molecular weight is 285 g/mol. The predicted molar refractivity (Wildman–Crippen MR) is 85.1 cm³/mol. The summed E-state index contributed by atoms with van der Waals surface area (Å²) in [6.07, 6.45) is 0.993. The summed E-state index contributed by atoms with van der Waals surface area (Å²) in [5.74, 6) is 7.38. The lowest BCUT2D eigenvalue weighted by Gasteiger charge is -2.11. The average Bonchev–Trinajstić information content (AvgIpc) is 3.01.